The minimum absolute atomic E-state index is 0.0550. The van der Waals surface area contributed by atoms with Crippen molar-refractivity contribution in [1.29, 1.82) is 0 Å². The molecule has 0 radical (unpaired) electrons. The lowest BCUT2D eigenvalue weighted by Gasteiger charge is -2.26. The first-order valence-electron chi connectivity index (χ1n) is 4.99. The molecule has 5 nitrogen and oxygen atoms in total. The molecule has 0 aromatic rings. The fourth-order valence-electron chi connectivity index (χ4n) is 1.24. The highest BCUT2D eigenvalue weighted by Crippen LogP contribution is 2.23. The Labute approximate surface area is 104 Å². The summed E-state index contributed by atoms with van der Waals surface area (Å²) in [6, 6.07) is 0. The summed E-state index contributed by atoms with van der Waals surface area (Å²) in [5, 5.41) is 8.47. The average Bonchev–Trinajstić information content (AvgIpc) is 1.93. The Bertz CT molecular complexity index is 397. The van der Waals surface area contributed by atoms with Crippen molar-refractivity contribution in [2.24, 2.45) is 5.41 Å². The van der Waals surface area contributed by atoms with Crippen molar-refractivity contribution in [2.45, 2.75) is 26.9 Å². The van der Waals surface area contributed by atoms with Crippen molar-refractivity contribution in [3.05, 3.63) is 0 Å². The lowest BCUT2D eigenvalue weighted by atomic mass is 10.0. The fourth-order valence-corrected chi connectivity index (χ4v) is 3.17. The summed E-state index contributed by atoms with van der Waals surface area (Å²) in [6.45, 7) is 1.63. The monoisotopic (exact) mass is 291 g/mol. The van der Waals surface area contributed by atoms with Gasteiger partial charge in [-0.25, -0.2) is 8.42 Å². The molecule has 108 valence electrons. The minimum atomic E-state index is -4.78. The van der Waals surface area contributed by atoms with Crippen molar-refractivity contribution in [3.8, 4) is 0 Å². The van der Waals surface area contributed by atoms with E-state index in [1.165, 1.54) is 20.8 Å². The van der Waals surface area contributed by atoms with Crippen LogP contribution in [-0.2, 0) is 14.8 Å². The summed E-state index contributed by atoms with van der Waals surface area (Å²) >= 11 is 0. The molecule has 0 saturated carbocycles. The summed E-state index contributed by atoms with van der Waals surface area (Å²) in [7, 11) is -4.28. The van der Waals surface area contributed by atoms with Crippen LogP contribution in [0, 0.1) is 5.41 Å². The normalized spacial score (nSPS) is 13.9. The van der Waals surface area contributed by atoms with Crippen LogP contribution in [0.15, 0.2) is 0 Å². The predicted octanol–water partition coefficient (Wildman–Crippen LogP) is 1.31. The number of hydrogen-bond donors (Lipinski definition) is 1. The Kier molecular flexibility index (Phi) is 5.18. The van der Waals surface area contributed by atoms with Crippen LogP contribution >= 0.6 is 0 Å². The molecule has 9 heteroatoms. The quantitative estimate of drug-likeness (QED) is 0.828. The molecule has 0 spiro atoms. The molecule has 1 N–H and O–H groups in total. The minimum Gasteiger partial charge on any atom is -0.480 e. The van der Waals surface area contributed by atoms with Gasteiger partial charge in [0.1, 0.15) is 13.1 Å². The smallest absolute Gasteiger partial charge is 0.402 e. The molecule has 0 saturated heterocycles. The van der Waals surface area contributed by atoms with Crippen LogP contribution in [0.5, 0.6) is 0 Å². The highest BCUT2D eigenvalue weighted by atomic mass is 32.2. The predicted molar refractivity (Wildman–Crippen MR) is 58.5 cm³/mol. The maximum atomic E-state index is 12.2. The topological polar surface area (TPSA) is 74.7 Å². The van der Waals surface area contributed by atoms with Crippen LogP contribution in [-0.4, -0.2) is 48.8 Å². The summed E-state index contributed by atoms with van der Waals surface area (Å²) in [4.78, 5) is 10.4. The van der Waals surface area contributed by atoms with Crippen molar-refractivity contribution in [3.63, 3.8) is 0 Å². The fraction of sp³-hybridized carbons (Fsp3) is 0.889. The molecule has 0 aromatic carbocycles. The number of nitrogens with zero attached hydrogens (tertiary/aromatic N) is 1. The Morgan fingerprint density at radius 3 is 1.94 bits per heavy atom. The van der Waals surface area contributed by atoms with Gasteiger partial charge in [0, 0.05) is 0 Å². The molecule has 0 heterocycles. The van der Waals surface area contributed by atoms with Gasteiger partial charge in [0.25, 0.3) is 0 Å². The SMILES string of the molecule is CC(C)(C)CS(=O)(=O)N(CC(=O)O)CC(F)(F)F. The number of carboxylic acids is 1. The second-order valence-corrected chi connectivity index (χ2v) is 7.06. The standard InChI is InChI=1S/C9H16F3NO4S/c1-8(2,3)6-18(16,17)13(4-7(14)15)5-9(10,11)12/h4-6H2,1-3H3,(H,14,15). The van der Waals surface area contributed by atoms with Gasteiger partial charge in [-0.1, -0.05) is 20.8 Å². The third kappa shape index (κ3) is 7.49. The van der Waals surface area contributed by atoms with Gasteiger partial charge in [0.05, 0.1) is 5.75 Å². The van der Waals surface area contributed by atoms with Gasteiger partial charge in [-0.15, -0.1) is 0 Å². The van der Waals surface area contributed by atoms with E-state index in [1.54, 1.807) is 0 Å². The van der Waals surface area contributed by atoms with Crippen molar-refractivity contribution >= 4 is 16.0 Å². The number of carbonyl (C=O) groups is 1. The second kappa shape index (κ2) is 5.43. The summed E-state index contributed by atoms with van der Waals surface area (Å²) in [5.41, 5.74) is -0.763. The summed E-state index contributed by atoms with van der Waals surface area (Å²) in [6.07, 6.45) is -4.78. The zero-order valence-corrected chi connectivity index (χ0v) is 11.1. The molecule has 0 atom stereocenters. The molecule has 0 fully saturated rings. The number of rotatable bonds is 5. The molecule has 18 heavy (non-hydrogen) atoms. The molecule has 0 aliphatic heterocycles. The van der Waals surface area contributed by atoms with E-state index in [-0.39, 0.29) is 4.31 Å². The van der Waals surface area contributed by atoms with E-state index in [1.807, 2.05) is 0 Å². The molecule has 0 bridgehead atoms. The van der Waals surface area contributed by atoms with E-state index >= 15 is 0 Å². The van der Waals surface area contributed by atoms with Gasteiger partial charge >= 0.3 is 12.1 Å². The average molecular weight is 291 g/mol. The molecular weight excluding hydrogens is 275 g/mol. The van der Waals surface area contributed by atoms with E-state index in [0.717, 1.165) is 0 Å². The van der Waals surface area contributed by atoms with Gasteiger partial charge < -0.3 is 5.11 Å². The lowest BCUT2D eigenvalue weighted by Crippen LogP contribution is -2.44. The van der Waals surface area contributed by atoms with Crippen LogP contribution in [0.25, 0.3) is 0 Å². The van der Waals surface area contributed by atoms with Crippen molar-refractivity contribution in [2.75, 3.05) is 18.8 Å². The van der Waals surface area contributed by atoms with Crippen LogP contribution < -0.4 is 0 Å². The Hall–Kier alpha value is -0.830. The maximum Gasteiger partial charge on any atom is 0.402 e. The van der Waals surface area contributed by atoms with E-state index in [0.29, 0.717) is 0 Å². The van der Waals surface area contributed by atoms with Gasteiger partial charge in [-0.2, -0.15) is 17.5 Å². The molecule has 0 aromatic heterocycles. The van der Waals surface area contributed by atoms with Crippen LogP contribution in [0.3, 0.4) is 0 Å². The molecule has 0 rings (SSSR count). The van der Waals surface area contributed by atoms with Crippen LogP contribution in [0.2, 0.25) is 0 Å². The summed E-state index contributed by atoms with van der Waals surface area (Å²) in [5.74, 6) is -2.18. The second-order valence-electron chi connectivity index (χ2n) is 5.09. The van der Waals surface area contributed by atoms with Crippen molar-refractivity contribution < 1.29 is 31.5 Å². The van der Waals surface area contributed by atoms with Gasteiger partial charge in [-0.3, -0.25) is 4.79 Å². The maximum absolute atomic E-state index is 12.2. The zero-order valence-electron chi connectivity index (χ0n) is 10.3. The first kappa shape index (κ1) is 17.2. The Balaban J connectivity index is 5.12. The summed E-state index contributed by atoms with van der Waals surface area (Å²) < 4.78 is 60.1. The third-order valence-electron chi connectivity index (χ3n) is 1.68. The van der Waals surface area contributed by atoms with E-state index in [4.69, 9.17) is 5.11 Å². The number of alkyl halides is 3. The molecule has 0 aliphatic rings. The van der Waals surface area contributed by atoms with E-state index < -0.39 is 46.4 Å². The van der Waals surface area contributed by atoms with E-state index in [9.17, 15) is 26.4 Å². The molecule has 0 amide bonds. The first-order chi connectivity index (χ1) is 7.73. The number of carboxylic acid groups (broad SMARTS) is 1. The van der Waals surface area contributed by atoms with Crippen LogP contribution in [0.4, 0.5) is 13.2 Å². The van der Waals surface area contributed by atoms with Gasteiger partial charge in [0.15, 0.2) is 0 Å². The molecule has 0 aliphatic carbocycles. The third-order valence-corrected chi connectivity index (χ3v) is 3.95. The van der Waals surface area contributed by atoms with Gasteiger partial charge in [0.2, 0.25) is 10.0 Å². The van der Waals surface area contributed by atoms with Crippen LogP contribution in [0.1, 0.15) is 20.8 Å². The first-order valence-corrected chi connectivity index (χ1v) is 6.60. The number of aliphatic carboxylic acids is 1. The number of halogens is 3. The lowest BCUT2D eigenvalue weighted by molar-refractivity contribution is -0.146. The number of sulfonamides is 1. The largest absolute Gasteiger partial charge is 0.480 e. The highest BCUT2D eigenvalue weighted by Gasteiger charge is 2.38. The Morgan fingerprint density at radius 2 is 1.67 bits per heavy atom. The number of hydrogen-bond acceptors (Lipinski definition) is 3. The van der Waals surface area contributed by atoms with E-state index in [2.05, 4.69) is 0 Å². The Morgan fingerprint density at radius 1 is 1.22 bits per heavy atom. The van der Waals surface area contributed by atoms with Crippen molar-refractivity contribution in [1.82, 2.24) is 4.31 Å². The highest BCUT2D eigenvalue weighted by molar-refractivity contribution is 7.89. The van der Waals surface area contributed by atoms with Gasteiger partial charge in [-0.05, 0) is 5.41 Å². The molecular formula is C9H16F3NO4S. The molecule has 0 unspecified atom stereocenters. The zero-order chi connectivity index (χ0) is 14.8.